The quantitative estimate of drug-likeness (QED) is 0.834. The molecule has 2 aliphatic carbocycles. The Hall–Kier alpha value is -0.320. The maximum absolute atomic E-state index is 12.3. The maximum Gasteiger partial charge on any atom is 0.224 e. The predicted molar refractivity (Wildman–Crippen MR) is 85.1 cm³/mol. The summed E-state index contributed by atoms with van der Waals surface area (Å²) < 4.78 is 0. The third-order valence-corrected chi connectivity index (χ3v) is 5.23. The van der Waals surface area contributed by atoms with Gasteiger partial charge in [-0.25, -0.2) is 0 Å². The largest absolute Gasteiger partial charge is 0.354 e. The minimum atomic E-state index is 0. The van der Waals surface area contributed by atoms with Crippen LogP contribution >= 0.6 is 12.4 Å². The highest BCUT2D eigenvalue weighted by Gasteiger charge is 2.36. The van der Waals surface area contributed by atoms with Crippen molar-refractivity contribution in [2.75, 3.05) is 20.6 Å². The van der Waals surface area contributed by atoms with Crippen molar-refractivity contribution >= 4 is 18.3 Å². The maximum atomic E-state index is 12.3. The summed E-state index contributed by atoms with van der Waals surface area (Å²) in [5.74, 6) is 0.222. The molecule has 0 aromatic carbocycles. The Morgan fingerprint density at radius 1 is 1.20 bits per heavy atom. The number of carbonyl (C=O) groups excluding carboxylic acids is 1. The number of amides is 1. The van der Waals surface area contributed by atoms with E-state index in [4.69, 9.17) is 5.73 Å². The minimum absolute atomic E-state index is 0. The van der Waals surface area contributed by atoms with Gasteiger partial charge >= 0.3 is 0 Å². The van der Waals surface area contributed by atoms with Crippen LogP contribution in [-0.2, 0) is 4.79 Å². The topological polar surface area (TPSA) is 58.4 Å². The lowest BCUT2D eigenvalue weighted by atomic mass is 9.80. The molecule has 0 radical (unpaired) electrons. The summed E-state index contributed by atoms with van der Waals surface area (Å²) in [6.07, 6.45) is 9.32. The van der Waals surface area contributed by atoms with Crippen LogP contribution in [-0.4, -0.2) is 43.0 Å². The number of rotatable bonds is 4. The molecule has 0 saturated heterocycles. The third-order valence-electron chi connectivity index (χ3n) is 5.23. The Kier molecular flexibility index (Phi) is 6.76. The van der Waals surface area contributed by atoms with E-state index in [1.807, 2.05) is 0 Å². The van der Waals surface area contributed by atoms with Crippen molar-refractivity contribution in [3.63, 3.8) is 0 Å². The molecule has 0 aromatic heterocycles. The van der Waals surface area contributed by atoms with Gasteiger partial charge in [0.05, 0.1) is 5.92 Å². The SMILES string of the molecule is CN(C)C1(CNC(=O)C2CCCC2N)CCCCC1.Cl. The Labute approximate surface area is 129 Å². The Balaban J connectivity index is 0.00000200. The molecular formula is C15H30ClN3O. The number of nitrogens with one attached hydrogen (secondary N) is 1. The van der Waals surface area contributed by atoms with Crippen LogP contribution in [0.3, 0.4) is 0 Å². The number of hydrogen-bond acceptors (Lipinski definition) is 3. The number of nitrogens with zero attached hydrogens (tertiary/aromatic N) is 1. The van der Waals surface area contributed by atoms with Gasteiger partial charge < -0.3 is 16.0 Å². The van der Waals surface area contributed by atoms with Crippen LogP contribution in [0.25, 0.3) is 0 Å². The molecule has 2 fully saturated rings. The van der Waals surface area contributed by atoms with E-state index in [1.54, 1.807) is 0 Å². The second-order valence-corrected chi connectivity index (χ2v) is 6.60. The lowest BCUT2D eigenvalue weighted by molar-refractivity contribution is -0.125. The summed E-state index contributed by atoms with van der Waals surface area (Å²) in [6.45, 7) is 0.780. The standard InChI is InChI=1S/C15H29N3O.ClH/c1-18(2)15(9-4-3-5-10-15)11-17-14(19)12-7-6-8-13(12)16;/h12-13H,3-11,16H2,1-2H3,(H,17,19);1H. The van der Waals surface area contributed by atoms with Crippen molar-refractivity contribution in [3.05, 3.63) is 0 Å². The van der Waals surface area contributed by atoms with Gasteiger partial charge in [-0.3, -0.25) is 4.79 Å². The van der Waals surface area contributed by atoms with Crippen molar-refractivity contribution < 1.29 is 4.79 Å². The first-order valence-corrected chi connectivity index (χ1v) is 7.76. The van der Waals surface area contributed by atoms with Crippen molar-refractivity contribution in [3.8, 4) is 0 Å². The molecule has 1 amide bonds. The molecule has 2 atom stereocenters. The molecule has 118 valence electrons. The van der Waals surface area contributed by atoms with E-state index in [-0.39, 0.29) is 35.8 Å². The van der Waals surface area contributed by atoms with Gasteiger partial charge in [0.25, 0.3) is 0 Å². The van der Waals surface area contributed by atoms with E-state index < -0.39 is 0 Å². The monoisotopic (exact) mass is 303 g/mol. The minimum Gasteiger partial charge on any atom is -0.354 e. The van der Waals surface area contributed by atoms with Crippen molar-refractivity contribution in [2.45, 2.75) is 62.9 Å². The zero-order chi connectivity index (χ0) is 13.9. The molecule has 0 aromatic rings. The molecule has 20 heavy (non-hydrogen) atoms. The van der Waals surface area contributed by atoms with Crippen LogP contribution in [0.4, 0.5) is 0 Å². The van der Waals surface area contributed by atoms with E-state index in [2.05, 4.69) is 24.3 Å². The molecule has 2 aliphatic rings. The summed E-state index contributed by atoms with van der Waals surface area (Å²) in [5.41, 5.74) is 6.17. The predicted octanol–water partition coefficient (Wildman–Crippen LogP) is 1.92. The lowest BCUT2D eigenvalue weighted by Gasteiger charge is -2.43. The molecule has 4 nitrogen and oxygen atoms in total. The van der Waals surface area contributed by atoms with Gasteiger partial charge in [-0.15, -0.1) is 12.4 Å². The summed E-state index contributed by atoms with van der Waals surface area (Å²) in [4.78, 5) is 14.6. The highest BCUT2D eigenvalue weighted by molar-refractivity contribution is 5.85. The first kappa shape index (κ1) is 17.7. The first-order valence-electron chi connectivity index (χ1n) is 7.76. The number of likely N-dealkylation sites (N-methyl/N-ethyl adjacent to an activating group) is 1. The Morgan fingerprint density at radius 2 is 1.85 bits per heavy atom. The summed E-state index contributed by atoms with van der Waals surface area (Å²) in [6, 6.07) is 0.0710. The molecule has 0 spiro atoms. The van der Waals surface area contributed by atoms with Crippen molar-refractivity contribution in [2.24, 2.45) is 11.7 Å². The third kappa shape index (κ3) is 3.86. The van der Waals surface area contributed by atoms with Gasteiger partial charge in [0.15, 0.2) is 0 Å². The van der Waals surface area contributed by atoms with E-state index in [0.717, 1.165) is 25.8 Å². The summed E-state index contributed by atoms with van der Waals surface area (Å²) >= 11 is 0. The number of carbonyl (C=O) groups is 1. The number of hydrogen-bond donors (Lipinski definition) is 2. The van der Waals surface area contributed by atoms with E-state index in [9.17, 15) is 4.79 Å². The van der Waals surface area contributed by atoms with E-state index in [0.29, 0.717) is 0 Å². The molecule has 0 heterocycles. The second kappa shape index (κ2) is 7.62. The first-order chi connectivity index (χ1) is 9.05. The van der Waals surface area contributed by atoms with E-state index in [1.165, 1.54) is 32.1 Å². The fraction of sp³-hybridized carbons (Fsp3) is 0.933. The van der Waals surface area contributed by atoms with Gasteiger partial charge in [0, 0.05) is 18.1 Å². The number of halogens is 1. The molecule has 2 unspecified atom stereocenters. The average molecular weight is 304 g/mol. The van der Waals surface area contributed by atoms with Crippen LogP contribution in [0, 0.1) is 5.92 Å². The van der Waals surface area contributed by atoms with Crippen LogP contribution < -0.4 is 11.1 Å². The van der Waals surface area contributed by atoms with Gasteiger partial charge in [0.2, 0.25) is 5.91 Å². The van der Waals surface area contributed by atoms with Crippen LogP contribution in [0.1, 0.15) is 51.4 Å². The van der Waals surface area contributed by atoms with Crippen molar-refractivity contribution in [1.29, 1.82) is 0 Å². The fourth-order valence-electron chi connectivity index (χ4n) is 3.69. The zero-order valence-corrected chi connectivity index (χ0v) is 13.7. The van der Waals surface area contributed by atoms with Gasteiger partial charge in [0.1, 0.15) is 0 Å². The molecule has 5 heteroatoms. The van der Waals surface area contributed by atoms with Gasteiger partial charge in [-0.05, 0) is 39.8 Å². The molecule has 0 bridgehead atoms. The van der Waals surface area contributed by atoms with Gasteiger partial charge in [-0.2, -0.15) is 0 Å². The fourth-order valence-corrected chi connectivity index (χ4v) is 3.69. The van der Waals surface area contributed by atoms with E-state index >= 15 is 0 Å². The second-order valence-electron chi connectivity index (χ2n) is 6.60. The average Bonchev–Trinajstić information content (AvgIpc) is 2.83. The van der Waals surface area contributed by atoms with Crippen LogP contribution in [0.5, 0.6) is 0 Å². The number of nitrogens with two attached hydrogens (primary N) is 1. The lowest BCUT2D eigenvalue weighted by Crippen LogP contribution is -2.55. The Bertz CT molecular complexity index is 316. The normalized spacial score (nSPS) is 29.0. The smallest absolute Gasteiger partial charge is 0.224 e. The highest BCUT2D eigenvalue weighted by atomic mass is 35.5. The highest BCUT2D eigenvalue weighted by Crippen LogP contribution is 2.32. The molecule has 2 rings (SSSR count). The van der Waals surface area contributed by atoms with Crippen molar-refractivity contribution in [1.82, 2.24) is 10.2 Å². The molecule has 2 saturated carbocycles. The zero-order valence-electron chi connectivity index (χ0n) is 12.9. The molecular weight excluding hydrogens is 274 g/mol. The molecule has 0 aliphatic heterocycles. The molecule has 3 N–H and O–H groups in total. The van der Waals surface area contributed by atoms with Crippen LogP contribution in [0.15, 0.2) is 0 Å². The summed E-state index contributed by atoms with van der Waals surface area (Å²) in [5, 5.41) is 3.19. The summed E-state index contributed by atoms with van der Waals surface area (Å²) in [7, 11) is 4.28. The van der Waals surface area contributed by atoms with Gasteiger partial charge in [-0.1, -0.05) is 25.7 Å². The Morgan fingerprint density at radius 3 is 2.35 bits per heavy atom. The van der Waals surface area contributed by atoms with Crippen LogP contribution in [0.2, 0.25) is 0 Å².